The Bertz CT molecular complexity index is 1230. The third-order valence-corrected chi connectivity index (χ3v) is 5.26. The maximum Gasteiger partial charge on any atom is 0.416 e. The van der Waals surface area contributed by atoms with Crippen LogP contribution in [0.2, 0.25) is 0 Å². The van der Waals surface area contributed by atoms with Crippen LogP contribution in [0.15, 0.2) is 41.7 Å². The standard InChI is InChI=1S/C18H17F3N6O3S/c1-10(16-25-11(2)26-27(16)15-9-22-4-5-23-15)24-17(28)12-6-13(18(19,20)21)8-14(7-12)31(3,29)30/h4-10H,1-3H3,(H,24,28)/t10-/m0/s1. The van der Waals surface area contributed by atoms with Crippen molar-refractivity contribution in [2.24, 2.45) is 0 Å². The van der Waals surface area contributed by atoms with E-state index >= 15 is 0 Å². The average Bonchev–Trinajstić information content (AvgIpc) is 3.09. The van der Waals surface area contributed by atoms with Gasteiger partial charge in [-0.2, -0.15) is 17.9 Å². The zero-order chi connectivity index (χ0) is 23.0. The van der Waals surface area contributed by atoms with Crippen LogP contribution >= 0.6 is 0 Å². The molecular weight excluding hydrogens is 437 g/mol. The largest absolute Gasteiger partial charge is 0.416 e. The maximum absolute atomic E-state index is 13.2. The Labute approximate surface area is 175 Å². The van der Waals surface area contributed by atoms with Crippen LogP contribution in [-0.4, -0.2) is 45.3 Å². The summed E-state index contributed by atoms with van der Waals surface area (Å²) in [5.41, 5.74) is -1.70. The number of amides is 1. The Morgan fingerprint density at radius 1 is 1.19 bits per heavy atom. The smallest absolute Gasteiger partial charge is 0.342 e. The molecule has 3 aromatic rings. The molecular formula is C18H17F3N6O3S. The number of benzene rings is 1. The summed E-state index contributed by atoms with van der Waals surface area (Å²) in [4.78, 5) is 24.4. The predicted octanol–water partition coefficient (Wildman–Crippen LogP) is 2.28. The van der Waals surface area contributed by atoms with Gasteiger partial charge in [0.15, 0.2) is 21.5 Å². The van der Waals surface area contributed by atoms with E-state index in [1.54, 1.807) is 13.8 Å². The van der Waals surface area contributed by atoms with Crippen molar-refractivity contribution < 1.29 is 26.4 Å². The number of carbonyl (C=O) groups is 1. The molecule has 1 N–H and O–H groups in total. The summed E-state index contributed by atoms with van der Waals surface area (Å²) in [7, 11) is -3.98. The summed E-state index contributed by atoms with van der Waals surface area (Å²) >= 11 is 0. The first-order valence-corrected chi connectivity index (χ1v) is 10.7. The number of rotatable bonds is 5. The molecule has 1 atom stereocenters. The normalized spacial score (nSPS) is 13.1. The molecule has 1 amide bonds. The summed E-state index contributed by atoms with van der Waals surface area (Å²) in [6.07, 6.45) is 0.265. The molecule has 0 fully saturated rings. The van der Waals surface area contributed by atoms with E-state index in [-0.39, 0.29) is 5.82 Å². The number of nitrogens with one attached hydrogen (secondary N) is 1. The lowest BCUT2D eigenvalue weighted by Gasteiger charge is -2.16. The highest BCUT2D eigenvalue weighted by atomic mass is 32.2. The topological polar surface area (TPSA) is 120 Å². The molecule has 13 heteroatoms. The summed E-state index contributed by atoms with van der Waals surface area (Å²) < 4.78 is 64.6. The number of hydrogen-bond acceptors (Lipinski definition) is 7. The van der Waals surface area contributed by atoms with E-state index in [4.69, 9.17) is 0 Å². The van der Waals surface area contributed by atoms with Crippen LogP contribution in [-0.2, 0) is 16.0 Å². The Morgan fingerprint density at radius 2 is 1.90 bits per heavy atom. The third kappa shape index (κ3) is 5.05. The van der Waals surface area contributed by atoms with Crippen LogP contribution in [0.5, 0.6) is 0 Å². The quantitative estimate of drug-likeness (QED) is 0.628. The fourth-order valence-corrected chi connectivity index (χ4v) is 3.42. The molecule has 31 heavy (non-hydrogen) atoms. The van der Waals surface area contributed by atoms with E-state index in [0.717, 1.165) is 12.3 Å². The molecule has 164 valence electrons. The van der Waals surface area contributed by atoms with Crippen molar-refractivity contribution in [2.45, 2.75) is 31.0 Å². The number of sulfone groups is 1. The first-order chi connectivity index (χ1) is 14.4. The molecule has 0 saturated heterocycles. The lowest BCUT2D eigenvalue weighted by Crippen LogP contribution is -2.29. The molecule has 0 bridgehead atoms. The minimum absolute atomic E-state index is 0.265. The van der Waals surface area contributed by atoms with Gasteiger partial charge < -0.3 is 5.32 Å². The Morgan fingerprint density at radius 3 is 2.48 bits per heavy atom. The number of carbonyl (C=O) groups excluding carboxylic acids is 1. The van der Waals surface area contributed by atoms with Gasteiger partial charge in [-0.25, -0.2) is 18.4 Å². The van der Waals surface area contributed by atoms with Crippen LogP contribution in [0.1, 0.15) is 40.5 Å². The number of aromatic nitrogens is 5. The Balaban J connectivity index is 1.96. The minimum Gasteiger partial charge on any atom is -0.342 e. The van der Waals surface area contributed by atoms with Gasteiger partial charge in [-0.05, 0) is 32.0 Å². The van der Waals surface area contributed by atoms with Crippen LogP contribution in [0.4, 0.5) is 13.2 Å². The van der Waals surface area contributed by atoms with E-state index in [0.29, 0.717) is 23.8 Å². The van der Waals surface area contributed by atoms with Crippen LogP contribution < -0.4 is 5.32 Å². The van der Waals surface area contributed by atoms with Crippen LogP contribution in [0.3, 0.4) is 0 Å². The van der Waals surface area contributed by atoms with Gasteiger partial charge in [0.1, 0.15) is 5.82 Å². The molecule has 0 saturated carbocycles. The van der Waals surface area contributed by atoms with Gasteiger partial charge in [0.05, 0.1) is 22.7 Å². The lowest BCUT2D eigenvalue weighted by molar-refractivity contribution is -0.137. The minimum atomic E-state index is -4.83. The van der Waals surface area contributed by atoms with Gasteiger partial charge in [0.2, 0.25) is 0 Å². The number of aryl methyl sites for hydroxylation is 1. The summed E-state index contributed by atoms with van der Waals surface area (Å²) in [6, 6.07) is 1.18. The average molecular weight is 454 g/mol. The highest BCUT2D eigenvalue weighted by Gasteiger charge is 2.33. The van der Waals surface area contributed by atoms with Crippen molar-refractivity contribution >= 4 is 15.7 Å². The van der Waals surface area contributed by atoms with E-state index in [2.05, 4.69) is 25.4 Å². The van der Waals surface area contributed by atoms with Crippen molar-refractivity contribution in [3.8, 4) is 5.82 Å². The highest BCUT2D eigenvalue weighted by molar-refractivity contribution is 7.90. The monoisotopic (exact) mass is 454 g/mol. The SMILES string of the molecule is Cc1nc([C@H](C)NC(=O)c2cc(C(F)(F)F)cc(S(C)(=O)=O)c2)n(-c2cnccn2)n1. The van der Waals surface area contributed by atoms with Gasteiger partial charge in [-0.1, -0.05) is 0 Å². The Hall–Kier alpha value is -3.35. The fourth-order valence-electron chi connectivity index (χ4n) is 2.73. The molecule has 2 aromatic heterocycles. The molecule has 3 rings (SSSR count). The van der Waals surface area contributed by atoms with Gasteiger partial charge in [0.25, 0.3) is 5.91 Å². The van der Waals surface area contributed by atoms with E-state index in [9.17, 15) is 26.4 Å². The number of alkyl halides is 3. The summed E-state index contributed by atoms with van der Waals surface area (Å²) in [5.74, 6) is 0.0642. The number of nitrogens with zero attached hydrogens (tertiary/aromatic N) is 5. The molecule has 0 aliphatic heterocycles. The number of hydrogen-bond donors (Lipinski definition) is 1. The Kier molecular flexibility index (Phi) is 5.81. The van der Waals surface area contributed by atoms with Crippen molar-refractivity contribution in [1.29, 1.82) is 0 Å². The van der Waals surface area contributed by atoms with Gasteiger partial charge in [-0.3, -0.25) is 9.78 Å². The van der Waals surface area contributed by atoms with Crippen LogP contribution in [0.25, 0.3) is 5.82 Å². The van der Waals surface area contributed by atoms with Crippen molar-refractivity contribution in [1.82, 2.24) is 30.0 Å². The lowest BCUT2D eigenvalue weighted by atomic mass is 10.1. The molecule has 1 aromatic carbocycles. The van der Waals surface area contributed by atoms with Crippen molar-refractivity contribution in [3.63, 3.8) is 0 Å². The highest BCUT2D eigenvalue weighted by Crippen LogP contribution is 2.32. The molecule has 0 aliphatic rings. The van der Waals surface area contributed by atoms with Gasteiger partial charge in [-0.15, -0.1) is 5.10 Å². The molecule has 0 unspecified atom stereocenters. The molecule has 9 nitrogen and oxygen atoms in total. The zero-order valence-electron chi connectivity index (χ0n) is 16.5. The molecule has 2 heterocycles. The zero-order valence-corrected chi connectivity index (χ0v) is 17.4. The van der Waals surface area contributed by atoms with Crippen LogP contribution in [0, 0.1) is 6.92 Å². The second kappa shape index (κ2) is 8.06. The van der Waals surface area contributed by atoms with E-state index in [1.807, 2.05) is 0 Å². The van der Waals surface area contributed by atoms with Crippen molar-refractivity contribution in [3.05, 3.63) is 59.6 Å². The first kappa shape index (κ1) is 22.3. The third-order valence-electron chi connectivity index (χ3n) is 4.16. The molecule has 0 spiro atoms. The van der Waals surface area contributed by atoms with Crippen molar-refractivity contribution in [2.75, 3.05) is 6.26 Å². The van der Waals surface area contributed by atoms with Gasteiger partial charge in [0, 0.05) is 24.2 Å². The van der Waals surface area contributed by atoms with E-state index in [1.165, 1.54) is 23.3 Å². The summed E-state index contributed by atoms with van der Waals surface area (Å²) in [6.45, 7) is 3.18. The molecule has 0 radical (unpaired) electrons. The van der Waals surface area contributed by atoms with Gasteiger partial charge >= 0.3 is 6.18 Å². The first-order valence-electron chi connectivity index (χ1n) is 8.79. The number of halogens is 3. The van der Waals surface area contributed by atoms with E-state index < -0.39 is 44.0 Å². The fraction of sp³-hybridized carbons (Fsp3) is 0.278. The second-order valence-corrected chi connectivity index (χ2v) is 8.72. The molecule has 0 aliphatic carbocycles. The predicted molar refractivity (Wildman–Crippen MR) is 102 cm³/mol. The summed E-state index contributed by atoms with van der Waals surface area (Å²) in [5, 5.41) is 6.72. The maximum atomic E-state index is 13.2. The second-order valence-electron chi connectivity index (χ2n) is 6.70.